The second kappa shape index (κ2) is 4.70. The van der Waals surface area contributed by atoms with Crippen molar-refractivity contribution >= 4 is 34.8 Å². The minimum Gasteiger partial charge on any atom is -0.465 e. The molecule has 0 spiro atoms. The van der Waals surface area contributed by atoms with E-state index in [1.165, 1.54) is 12.3 Å². The molecule has 23 heavy (non-hydrogen) atoms. The number of carbonyl (C=O) groups excluding carboxylic acids is 1. The molecule has 0 saturated heterocycles. The first-order valence-electron chi connectivity index (χ1n) is 6.66. The number of aromatic nitrogens is 3. The van der Waals surface area contributed by atoms with Gasteiger partial charge in [-0.1, -0.05) is 0 Å². The lowest BCUT2D eigenvalue weighted by molar-refractivity contribution is 0.0957. The van der Waals surface area contributed by atoms with Crippen LogP contribution in [0.5, 0.6) is 0 Å². The van der Waals surface area contributed by atoms with Crippen LogP contribution in [0.1, 0.15) is 15.9 Å². The fourth-order valence-corrected chi connectivity index (χ4v) is 2.67. The van der Waals surface area contributed by atoms with Gasteiger partial charge in [0.2, 0.25) is 0 Å². The molecule has 1 aliphatic heterocycles. The van der Waals surface area contributed by atoms with Gasteiger partial charge < -0.3 is 15.1 Å². The molecule has 0 unspecified atom stereocenters. The van der Waals surface area contributed by atoms with Gasteiger partial charge in [-0.25, -0.2) is 15.2 Å². The number of imidazole rings is 1. The quantitative estimate of drug-likeness (QED) is 0.492. The van der Waals surface area contributed by atoms with Crippen LogP contribution in [0.2, 0.25) is 0 Å². The van der Waals surface area contributed by atoms with Gasteiger partial charge in [0, 0.05) is 34.5 Å². The third-order valence-electron chi connectivity index (χ3n) is 3.53. The highest BCUT2D eigenvalue weighted by Gasteiger charge is 2.23. The lowest BCUT2D eigenvalue weighted by Crippen LogP contribution is -2.17. The second-order valence-electron chi connectivity index (χ2n) is 4.93. The van der Waals surface area contributed by atoms with Crippen molar-refractivity contribution in [1.29, 1.82) is 0 Å². The monoisotopic (exact) mass is 310 g/mol. The van der Waals surface area contributed by atoms with Crippen LogP contribution in [-0.2, 0) is 0 Å². The van der Waals surface area contributed by atoms with Gasteiger partial charge in [-0.15, -0.1) is 0 Å². The summed E-state index contributed by atoms with van der Waals surface area (Å²) < 4.78 is 0. The number of amides is 2. The molecule has 114 valence electrons. The number of hydrogen-bond donors (Lipinski definition) is 5. The van der Waals surface area contributed by atoms with Crippen LogP contribution in [0, 0.1) is 0 Å². The van der Waals surface area contributed by atoms with Crippen LogP contribution >= 0.6 is 0 Å². The van der Waals surface area contributed by atoms with Crippen molar-refractivity contribution in [3.8, 4) is 11.5 Å². The molecule has 4 rings (SSSR count). The summed E-state index contributed by atoms with van der Waals surface area (Å²) in [6.07, 6.45) is 3.63. The number of hydrogen-bond acceptors (Lipinski definition) is 4. The van der Waals surface area contributed by atoms with Crippen molar-refractivity contribution in [2.75, 3.05) is 5.32 Å². The minimum atomic E-state index is -1.21. The molecule has 0 bridgehead atoms. The van der Waals surface area contributed by atoms with Crippen LogP contribution in [-0.4, -0.2) is 38.3 Å². The largest absolute Gasteiger partial charge is 0.465 e. The Morgan fingerprint density at radius 2 is 2.17 bits per heavy atom. The summed E-state index contributed by atoms with van der Waals surface area (Å²) >= 11 is 0. The molecule has 9 heteroatoms. The summed E-state index contributed by atoms with van der Waals surface area (Å²) in [6.45, 7) is 0. The number of carboxylic acid groups (broad SMARTS) is 1. The van der Waals surface area contributed by atoms with Crippen molar-refractivity contribution < 1.29 is 14.7 Å². The fraction of sp³-hybridized carbons (Fsp3) is 0. The number of benzene rings is 1. The van der Waals surface area contributed by atoms with Gasteiger partial charge in [-0.05, 0) is 12.1 Å². The molecule has 5 N–H and O–H groups in total. The Kier molecular flexibility index (Phi) is 2.67. The van der Waals surface area contributed by atoms with Gasteiger partial charge in [0.05, 0.1) is 17.5 Å². The molecule has 0 aliphatic carbocycles. The number of rotatable bonds is 2. The van der Waals surface area contributed by atoms with Crippen molar-refractivity contribution in [2.24, 2.45) is 5.10 Å². The van der Waals surface area contributed by atoms with Crippen LogP contribution < -0.4 is 10.7 Å². The van der Waals surface area contributed by atoms with Crippen LogP contribution in [0.3, 0.4) is 0 Å². The third-order valence-corrected chi connectivity index (χ3v) is 3.53. The standard InChI is InChI=1S/C14H10N6O3/c21-13-7-3-6(18-14(22)23)4-9-10(7)8(5-17-20-13)11(19-9)12-15-1-2-16-12/h1-5,18-19H,(H,15,16)(H,20,21)(H,22,23). The highest BCUT2D eigenvalue weighted by atomic mass is 16.4. The van der Waals surface area contributed by atoms with E-state index in [2.05, 4.69) is 30.8 Å². The summed E-state index contributed by atoms with van der Waals surface area (Å²) in [6, 6.07) is 3.10. The van der Waals surface area contributed by atoms with E-state index in [0.29, 0.717) is 33.5 Å². The molecule has 1 aromatic carbocycles. The maximum Gasteiger partial charge on any atom is 0.409 e. The van der Waals surface area contributed by atoms with Crippen LogP contribution in [0.4, 0.5) is 10.5 Å². The number of nitrogens with one attached hydrogen (secondary N) is 4. The second-order valence-corrected chi connectivity index (χ2v) is 4.93. The zero-order valence-electron chi connectivity index (χ0n) is 11.5. The SMILES string of the molecule is O=C(O)Nc1cc2c3c(c(-c4ncc[nH]4)[nH]c3c1)C=NNC2=O. The zero-order chi connectivity index (χ0) is 16.0. The Balaban J connectivity index is 2.04. The lowest BCUT2D eigenvalue weighted by atomic mass is 10.0. The van der Waals surface area contributed by atoms with Crippen molar-refractivity contribution in [3.63, 3.8) is 0 Å². The molecule has 0 saturated carbocycles. The maximum atomic E-state index is 12.2. The third kappa shape index (κ3) is 2.02. The molecule has 2 aromatic heterocycles. The van der Waals surface area contributed by atoms with E-state index in [-0.39, 0.29) is 5.69 Å². The van der Waals surface area contributed by atoms with Crippen LogP contribution in [0.25, 0.3) is 22.4 Å². The average Bonchev–Trinajstić information content (AvgIpc) is 3.09. The van der Waals surface area contributed by atoms with E-state index in [4.69, 9.17) is 5.11 Å². The van der Waals surface area contributed by atoms with Gasteiger partial charge in [0.1, 0.15) is 0 Å². The maximum absolute atomic E-state index is 12.2. The summed E-state index contributed by atoms with van der Waals surface area (Å²) in [5.41, 5.74) is 4.99. The minimum absolute atomic E-state index is 0.288. The summed E-state index contributed by atoms with van der Waals surface area (Å²) in [4.78, 5) is 33.4. The normalized spacial score (nSPS) is 13.0. The van der Waals surface area contributed by atoms with E-state index >= 15 is 0 Å². The Labute approximate surface area is 128 Å². The van der Waals surface area contributed by atoms with Gasteiger partial charge >= 0.3 is 6.09 Å². The fourth-order valence-electron chi connectivity index (χ4n) is 2.67. The molecule has 3 aromatic rings. The Bertz CT molecular complexity index is 970. The summed E-state index contributed by atoms with van der Waals surface area (Å²) in [5, 5.41) is 15.7. The lowest BCUT2D eigenvalue weighted by Gasteiger charge is -2.05. The topological polar surface area (TPSA) is 135 Å². The van der Waals surface area contributed by atoms with Crippen molar-refractivity contribution in [1.82, 2.24) is 20.4 Å². The molecular formula is C14H10N6O3. The smallest absolute Gasteiger partial charge is 0.409 e. The summed E-state index contributed by atoms with van der Waals surface area (Å²) in [5.74, 6) is 0.180. The van der Waals surface area contributed by atoms with E-state index in [0.717, 1.165) is 0 Å². The van der Waals surface area contributed by atoms with E-state index < -0.39 is 12.0 Å². The molecule has 2 amide bonds. The first-order chi connectivity index (χ1) is 11.1. The number of aromatic amines is 2. The van der Waals surface area contributed by atoms with Crippen molar-refractivity contribution in [3.05, 3.63) is 35.7 Å². The average molecular weight is 310 g/mol. The highest BCUT2D eigenvalue weighted by molar-refractivity contribution is 6.17. The molecule has 3 heterocycles. The Hall–Kier alpha value is -3.62. The zero-order valence-corrected chi connectivity index (χ0v) is 11.5. The van der Waals surface area contributed by atoms with Crippen molar-refractivity contribution in [2.45, 2.75) is 0 Å². The predicted molar refractivity (Wildman–Crippen MR) is 82.6 cm³/mol. The number of anilines is 1. The Morgan fingerprint density at radius 3 is 2.91 bits per heavy atom. The molecule has 9 nitrogen and oxygen atoms in total. The van der Waals surface area contributed by atoms with E-state index in [9.17, 15) is 9.59 Å². The van der Waals surface area contributed by atoms with Gasteiger partial charge in [0.25, 0.3) is 5.91 Å². The summed E-state index contributed by atoms with van der Waals surface area (Å²) in [7, 11) is 0. The molecule has 0 atom stereocenters. The molecule has 0 fully saturated rings. The van der Waals surface area contributed by atoms with Gasteiger partial charge in [0.15, 0.2) is 5.82 Å². The predicted octanol–water partition coefficient (Wildman–Crippen LogP) is 1.73. The number of H-pyrrole nitrogens is 2. The molecular weight excluding hydrogens is 300 g/mol. The van der Waals surface area contributed by atoms with Gasteiger partial charge in [-0.2, -0.15) is 5.10 Å². The molecule has 1 aliphatic rings. The van der Waals surface area contributed by atoms with Gasteiger partial charge in [-0.3, -0.25) is 10.1 Å². The van der Waals surface area contributed by atoms with E-state index in [1.54, 1.807) is 18.5 Å². The first kappa shape index (κ1) is 13.1. The van der Waals surface area contributed by atoms with Crippen LogP contribution in [0.15, 0.2) is 29.6 Å². The highest BCUT2D eigenvalue weighted by Crippen LogP contribution is 2.33. The molecule has 0 radical (unpaired) electrons. The number of nitrogens with zero attached hydrogens (tertiary/aromatic N) is 2. The Morgan fingerprint density at radius 1 is 1.30 bits per heavy atom. The van der Waals surface area contributed by atoms with E-state index in [1.807, 2.05) is 0 Å². The number of carbonyl (C=O) groups is 2. The number of hydrazone groups is 1. The first-order valence-corrected chi connectivity index (χ1v) is 6.66.